The van der Waals surface area contributed by atoms with Crippen molar-refractivity contribution in [2.24, 2.45) is 56.2 Å². The normalized spacial score (nSPS) is 43.9. The molecule has 2 N–H and O–H groups in total. The van der Waals surface area contributed by atoms with E-state index in [-0.39, 0.29) is 51.7 Å². The minimum Gasteiger partial charge on any atom is -0.481 e. The third-order valence-corrected chi connectivity index (χ3v) is 16.2. The molecule has 6 rings (SSSR count). The number of nitrogens with zero attached hydrogens (tertiary/aromatic N) is 1. The van der Waals surface area contributed by atoms with Crippen molar-refractivity contribution in [3.63, 3.8) is 0 Å². The van der Waals surface area contributed by atoms with E-state index >= 15 is 0 Å². The van der Waals surface area contributed by atoms with E-state index in [1.165, 1.54) is 51.4 Å². The Morgan fingerprint density at radius 1 is 0.783 bits per heavy atom. The summed E-state index contributed by atoms with van der Waals surface area (Å²) in [5, 5.41) is 19.6. The summed E-state index contributed by atoms with van der Waals surface area (Å²) in [5.74, 6) is 1.36. The number of aliphatic hydroxyl groups is 1. The molecule has 7 heteroatoms. The molecular formula is C39H63NO6. The molecule has 260 valence electrons. The molecule has 6 aliphatic rings. The molecule has 0 spiro atoms. The Bertz CT molecular complexity index is 1220. The fourth-order valence-corrected chi connectivity index (χ4v) is 13.4. The molecule has 1 heterocycles. The Kier molecular flexibility index (Phi) is 8.54. The lowest BCUT2D eigenvalue weighted by molar-refractivity contribution is -0.248. The highest BCUT2D eigenvalue weighted by atomic mass is 16.5. The summed E-state index contributed by atoms with van der Waals surface area (Å²) >= 11 is 0. The van der Waals surface area contributed by atoms with Crippen LogP contribution in [0.5, 0.6) is 0 Å². The van der Waals surface area contributed by atoms with Crippen LogP contribution in [0.15, 0.2) is 0 Å². The number of carboxylic acid groups (broad SMARTS) is 1. The number of aliphatic carboxylic acids is 1. The monoisotopic (exact) mass is 641 g/mol. The van der Waals surface area contributed by atoms with Gasteiger partial charge in [-0.2, -0.15) is 0 Å². The summed E-state index contributed by atoms with van der Waals surface area (Å²) in [6.07, 6.45) is 14.5. The Labute approximate surface area is 278 Å². The lowest BCUT2D eigenvalue weighted by Gasteiger charge is -2.72. The van der Waals surface area contributed by atoms with Gasteiger partial charge in [-0.1, -0.05) is 41.0 Å². The molecule has 0 bridgehead atoms. The van der Waals surface area contributed by atoms with Crippen LogP contribution >= 0.6 is 0 Å². The van der Waals surface area contributed by atoms with Crippen LogP contribution in [0.3, 0.4) is 0 Å². The Morgan fingerprint density at radius 3 is 2.15 bits per heavy atom. The number of fused-ring (bicyclic) bond motifs is 7. The number of hydrogen-bond acceptors (Lipinski definition) is 5. The van der Waals surface area contributed by atoms with Gasteiger partial charge in [0.05, 0.1) is 17.9 Å². The van der Waals surface area contributed by atoms with Crippen molar-refractivity contribution in [1.82, 2.24) is 4.90 Å². The van der Waals surface area contributed by atoms with Gasteiger partial charge in [-0.25, -0.2) is 0 Å². The van der Waals surface area contributed by atoms with Crippen molar-refractivity contribution < 1.29 is 29.3 Å². The minimum atomic E-state index is -1.13. The summed E-state index contributed by atoms with van der Waals surface area (Å²) in [5.41, 5.74) is -0.475. The summed E-state index contributed by atoms with van der Waals surface area (Å²) < 4.78 is 6.15. The van der Waals surface area contributed by atoms with Crippen LogP contribution in [0.2, 0.25) is 0 Å². The van der Waals surface area contributed by atoms with Crippen molar-refractivity contribution in [2.45, 2.75) is 157 Å². The quantitative estimate of drug-likeness (QED) is 0.289. The topological polar surface area (TPSA) is 104 Å². The molecule has 5 aliphatic carbocycles. The van der Waals surface area contributed by atoms with E-state index in [2.05, 4.69) is 34.6 Å². The van der Waals surface area contributed by atoms with Crippen LogP contribution in [0.4, 0.5) is 0 Å². The van der Waals surface area contributed by atoms with E-state index < -0.39 is 11.4 Å². The van der Waals surface area contributed by atoms with Gasteiger partial charge in [-0.3, -0.25) is 14.4 Å². The van der Waals surface area contributed by atoms with Crippen LogP contribution < -0.4 is 0 Å². The number of ether oxygens (including phenoxy) is 1. The van der Waals surface area contributed by atoms with Gasteiger partial charge in [-0.05, 0) is 136 Å². The second-order valence-electron chi connectivity index (χ2n) is 19.0. The molecule has 6 fully saturated rings. The summed E-state index contributed by atoms with van der Waals surface area (Å²) in [4.78, 5) is 40.4. The number of piperidine rings is 1. The number of aliphatic hydroxyl groups excluding tert-OH is 1. The molecule has 0 radical (unpaired) electrons. The van der Waals surface area contributed by atoms with Crippen molar-refractivity contribution >= 4 is 17.8 Å². The number of hydrogen-bond donors (Lipinski definition) is 2. The number of carboxylic acids is 1. The van der Waals surface area contributed by atoms with Crippen LogP contribution in [0.1, 0.15) is 145 Å². The molecule has 2 unspecified atom stereocenters. The SMILES string of the molecule is CC(C)(CC(=O)O[C@H]1CC[C@@]2(C)C(CC[C@]3(C)C2CC[C@@H]2[C@H]4CCC[C@]4(CC(=O)N4CCC(O)CC4)CC[C@]23C)C1(C)C)C(=O)O. The molecule has 1 amide bonds. The maximum absolute atomic E-state index is 13.7. The molecule has 46 heavy (non-hydrogen) atoms. The first-order chi connectivity index (χ1) is 21.4. The van der Waals surface area contributed by atoms with Crippen LogP contribution in [-0.4, -0.2) is 58.3 Å². The van der Waals surface area contributed by atoms with Crippen LogP contribution in [0, 0.1) is 56.2 Å². The number of carbonyl (C=O) groups is 3. The van der Waals surface area contributed by atoms with Crippen molar-refractivity contribution in [3.05, 3.63) is 0 Å². The van der Waals surface area contributed by atoms with E-state index in [4.69, 9.17) is 4.74 Å². The highest BCUT2D eigenvalue weighted by Crippen LogP contribution is 2.77. The molecule has 0 aromatic heterocycles. The second kappa shape index (κ2) is 11.5. The van der Waals surface area contributed by atoms with Crippen molar-refractivity contribution in [1.29, 1.82) is 0 Å². The Hall–Kier alpha value is -1.63. The average molecular weight is 642 g/mol. The zero-order valence-corrected chi connectivity index (χ0v) is 30.0. The Morgan fingerprint density at radius 2 is 1.48 bits per heavy atom. The van der Waals surface area contributed by atoms with Gasteiger partial charge >= 0.3 is 11.9 Å². The summed E-state index contributed by atoms with van der Waals surface area (Å²) in [6, 6.07) is 0. The van der Waals surface area contributed by atoms with Gasteiger partial charge in [0, 0.05) is 24.9 Å². The van der Waals surface area contributed by atoms with Gasteiger partial charge in [0.15, 0.2) is 0 Å². The van der Waals surface area contributed by atoms with E-state index in [0.717, 1.165) is 19.3 Å². The molecule has 0 aromatic carbocycles. The molecule has 7 nitrogen and oxygen atoms in total. The van der Waals surface area contributed by atoms with E-state index in [9.17, 15) is 24.6 Å². The van der Waals surface area contributed by atoms with E-state index in [1.807, 2.05) is 4.90 Å². The number of amides is 1. The van der Waals surface area contributed by atoms with Crippen molar-refractivity contribution in [2.75, 3.05) is 13.1 Å². The highest BCUT2D eigenvalue weighted by molar-refractivity contribution is 5.81. The molecular weight excluding hydrogens is 578 g/mol. The lowest BCUT2D eigenvalue weighted by atomic mass is 9.32. The molecule has 5 saturated carbocycles. The summed E-state index contributed by atoms with van der Waals surface area (Å²) in [6.45, 7) is 17.1. The highest BCUT2D eigenvalue weighted by Gasteiger charge is 2.70. The fourth-order valence-electron chi connectivity index (χ4n) is 13.4. The maximum Gasteiger partial charge on any atom is 0.309 e. The first kappa shape index (κ1) is 34.2. The predicted molar refractivity (Wildman–Crippen MR) is 178 cm³/mol. The molecule has 1 saturated heterocycles. The standard InChI is InChI=1S/C39H63NO6/c1-34(2,33(44)45)24-32(43)46-30-13-17-36(5)28(35(30,3)4)12-18-38(7)29(36)11-10-26-27-9-8-16-39(27,20-19-37(26,38)6)23-31(42)40-21-14-25(41)15-22-40/h25-30,41H,8-24H2,1-7H3,(H,44,45)/t26-,27-,28?,29?,30+,36+,37-,38-,39-/m1/s1. The number of esters is 1. The van der Waals surface area contributed by atoms with E-state index in [0.29, 0.717) is 61.9 Å². The summed E-state index contributed by atoms with van der Waals surface area (Å²) in [7, 11) is 0. The second-order valence-corrected chi connectivity index (χ2v) is 19.0. The van der Waals surface area contributed by atoms with Crippen molar-refractivity contribution in [3.8, 4) is 0 Å². The van der Waals surface area contributed by atoms with E-state index in [1.54, 1.807) is 13.8 Å². The first-order valence-electron chi connectivity index (χ1n) is 18.8. The predicted octanol–water partition coefficient (Wildman–Crippen LogP) is 7.63. The van der Waals surface area contributed by atoms with Crippen LogP contribution in [-0.2, 0) is 19.1 Å². The molecule has 9 atom stereocenters. The third kappa shape index (κ3) is 5.18. The fraction of sp³-hybridized carbons (Fsp3) is 0.923. The van der Waals surface area contributed by atoms with Gasteiger partial charge in [0.1, 0.15) is 6.10 Å². The first-order valence-corrected chi connectivity index (χ1v) is 18.8. The number of likely N-dealkylation sites (tertiary alicyclic amines) is 1. The largest absolute Gasteiger partial charge is 0.481 e. The Balaban J connectivity index is 1.19. The third-order valence-electron chi connectivity index (χ3n) is 16.2. The zero-order chi connectivity index (χ0) is 33.5. The number of carbonyl (C=O) groups excluding carboxylic acids is 2. The molecule has 1 aliphatic heterocycles. The zero-order valence-electron chi connectivity index (χ0n) is 30.0. The van der Waals surface area contributed by atoms with Gasteiger partial charge in [0.25, 0.3) is 0 Å². The minimum absolute atomic E-state index is 0.104. The van der Waals surface area contributed by atoms with Crippen LogP contribution in [0.25, 0.3) is 0 Å². The van der Waals surface area contributed by atoms with Gasteiger partial charge in [-0.15, -0.1) is 0 Å². The lowest BCUT2D eigenvalue weighted by Crippen LogP contribution is -2.66. The number of rotatable bonds is 6. The van der Waals surface area contributed by atoms with Gasteiger partial charge < -0.3 is 19.8 Å². The average Bonchev–Trinajstić information content (AvgIpc) is 3.38. The smallest absolute Gasteiger partial charge is 0.309 e. The molecule has 0 aromatic rings. The van der Waals surface area contributed by atoms with Gasteiger partial charge in [0.2, 0.25) is 5.91 Å². The maximum atomic E-state index is 13.7.